The van der Waals surface area contributed by atoms with Gasteiger partial charge in [0.1, 0.15) is 18.0 Å². The molecule has 1 aromatic heterocycles. The molecule has 0 spiro atoms. The van der Waals surface area contributed by atoms with E-state index in [1.54, 1.807) is 5.57 Å². The summed E-state index contributed by atoms with van der Waals surface area (Å²) in [4.78, 5) is 26.0. The molecule has 0 unspecified atom stereocenters. The van der Waals surface area contributed by atoms with Crippen LogP contribution in [-0.2, 0) is 9.47 Å². The number of fused-ring (bicyclic) bond motifs is 5. The van der Waals surface area contributed by atoms with E-state index in [4.69, 9.17) is 26.0 Å². The standard InChI is InChI=1S/C28H47NO2.C9H11F2N3O4/c1-18(2)7-6-8-19(3)23-11-12-24-22-10-9-20-17-21(31-26(29)30)13-15-27(20,4)25(22)14-16-28(23,24)5;10-9(11)6(16)4(3-15)18-7(9)14-2-1-5(12)13-8(14)17/h9,18-19,21-25H,6-8,10-17H2,1-5H3,(H2,29,30);1-2,4,6-7,15-16H,3H2,(H2,12,13,17)/t19-,21+,22+,23-,24+,25+,27+,28-;4-,6-,7-/m11/s1. The molecule has 0 radical (unpaired) electrons. The van der Waals surface area contributed by atoms with Crippen molar-refractivity contribution in [2.75, 3.05) is 12.3 Å². The molecule has 1 saturated heterocycles. The molecule has 1 aliphatic heterocycles. The topological polar surface area (TPSA) is 163 Å². The molecule has 1 aromatic rings. The van der Waals surface area contributed by atoms with Crippen LogP contribution in [0.3, 0.4) is 0 Å². The van der Waals surface area contributed by atoms with Crippen LogP contribution in [0, 0.1) is 46.3 Å². The number of halogens is 2. The summed E-state index contributed by atoms with van der Waals surface area (Å²) in [6.07, 6.45) is 11.4. The number of nitrogens with zero attached hydrogens (tertiary/aromatic N) is 2. The van der Waals surface area contributed by atoms with Crippen molar-refractivity contribution < 1.29 is 33.3 Å². The fourth-order valence-corrected chi connectivity index (χ4v) is 10.6. The van der Waals surface area contributed by atoms with Gasteiger partial charge in [0, 0.05) is 12.6 Å². The first-order valence-electron chi connectivity index (χ1n) is 18.3. The van der Waals surface area contributed by atoms with Gasteiger partial charge in [0.2, 0.25) is 6.23 Å². The number of rotatable bonds is 8. The van der Waals surface area contributed by atoms with Crippen molar-refractivity contribution in [3.05, 3.63) is 34.4 Å². The van der Waals surface area contributed by atoms with E-state index in [2.05, 4.69) is 45.7 Å². The number of aliphatic hydroxyl groups excluding tert-OH is 2. The Hall–Kier alpha value is -2.57. The van der Waals surface area contributed by atoms with Crippen molar-refractivity contribution in [1.29, 1.82) is 0 Å². The number of carbonyl (C=O) groups excluding carboxylic acids is 1. The molecule has 4 aliphatic carbocycles. The Morgan fingerprint density at radius 1 is 1.14 bits per heavy atom. The largest absolute Gasteiger partial charge is 0.446 e. The Balaban J connectivity index is 0.000000221. The third-order valence-corrected chi connectivity index (χ3v) is 13.2. The molecule has 12 heteroatoms. The average Bonchev–Trinajstić information content (AvgIpc) is 3.49. The van der Waals surface area contributed by atoms with Gasteiger partial charge in [-0.1, -0.05) is 65.5 Å². The summed E-state index contributed by atoms with van der Waals surface area (Å²) in [7, 11) is 0. The molecule has 5 aliphatic rings. The molecule has 3 saturated carbocycles. The number of nitrogen functional groups attached to an aromatic ring is 1. The molecule has 49 heavy (non-hydrogen) atoms. The molecule has 6 rings (SSSR count). The molecule has 0 bridgehead atoms. The summed E-state index contributed by atoms with van der Waals surface area (Å²) in [5.74, 6) is 1.37. The summed E-state index contributed by atoms with van der Waals surface area (Å²) in [6, 6.07) is 1.15. The number of alkyl halides is 2. The Morgan fingerprint density at radius 3 is 2.51 bits per heavy atom. The minimum atomic E-state index is -3.71. The number of anilines is 1. The highest BCUT2D eigenvalue weighted by molar-refractivity contribution is 5.64. The predicted molar refractivity (Wildman–Crippen MR) is 182 cm³/mol. The normalized spacial score (nSPS) is 38.4. The molecular formula is C37H58F2N4O6. The van der Waals surface area contributed by atoms with Crippen LogP contribution in [0.1, 0.15) is 111 Å². The summed E-state index contributed by atoms with van der Waals surface area (Å²) >= 11 is 0. The molecule has 4 fully saturated rings. The van der Waals surface area contributed by atoms with Gasteiger partial charge in [-0.2, -0.15) is 13.8 Å². The molecule has 2 heterocycles. The fraction of sp³-hybridized carbons (Fsp3) is 0.811. The van der Waals surface area contributed by atoms with E-state index in [0.717, 1.165) is 67.0 Å². The van der Waals surface area contributed by atoms with Crippen LogP contribution < -0.4 is 17.2 Å². The monoisotopic (exact) mass is 692 g/mol. The van der Waals surface area contributed by atoms with Crippen molar-refractivity contribution in [1.82, 2.24) is 9.55 Å². The number of amides is 1. The van der Waals surface area contributed by atoms with Gasteiger partial charge in [0.25, 0.3) is 0 Å². The predicted octanol–water partition coefficient (Wildman–Crippen LogP) is 6.20. The van der Waals surface area contributed by atoms with E-state index >= 15 is 0 Å². The van der Waals surface area contributed by atoms with Gasteiger partial charge in [0.15, 0.2) is 6.10 Å². The lowest BCUT2D eigenvalue weighted by atomic mass is 9.47. The minimum absolute atomic E-state index is 0.00946. The number of carbonyl (C=O) groups is 1. The van der Waals surface area contributed by atoms with E-state index in [0.29, 0.717) is 15.4 Å². The third-order valence-electron chi connectivity index (χ3n) is 13.2. The van der Waals surface area contributed by atoms with Crippen LogP contribution >= 0.6 is 0 Å². The van der Waals surface area contributed by atoms with Gasteiger partial charge >= 0.3 is 17.7 Å². The van der Waals surface area contributed by atoms with Gasteiger partial charge in [-0.05, 0) is 97.3 Å². The van der Waals surface area contributed by atoms with Crippen LogP contribution in [0.5, 0.6) is 0 Å². The van der Waals surface area contributed by atoms with Crippen molar-refractivity contribution in [2.45, 2.75) is 136 Å². The summed E-state index contributed by atoms with van der Waals surface area (Å²) in [5, 5.41) is 18.1. The van der Waals surface area contributed by atoms with Gasteiger partial charge < -0.3 is 31.2 Å². The zero-order valence-corrected chi connectivity index (χ0v) is 29.8. The highest BCUT2D eigenvalue weighted by Gasteiger charge is 2.60. The average molecular weight is 693 g/mol. The second kappa shape index (κ2) is 14.6. The van der Waals surface area contributed by atoms with E-state index in [1.807, 2.05) is 0 Å². The number of hydrogen-bond acceptors (Lipinski definition) is 8. The summed E-state index contributed by atoms with van der Waals surface area (Å²) < 4.78 is 38.1. The van der Waals surface area contributed by atoms with Crippen LogP contribution in [0.25, 0.3) is 0 Å². The Labute approximate surface area is 289 Å². The second-order valence-electron chi connectivity index (χ2n) is 16.5. The Kier molecular flexibility index (Phi) is 11.2. The maximum absolute atomic E-state index is 13.7. The molecule has 0 aromatic carbocycles. The van der Waals surface area contributed by atoms with Crippen molar-refractivity contribution in [3.8, 4) is 0 Å². The second-order valence-corrected chi connectivity index (χ2v) is 16.5. The SMILES string of the molecule is CC(C)CCC[C@@H](C)[C@H]1CC[C@H]2[C@@H]3CC=C4C[C@@H](OC(N)=O)CC[C@]4(C)[C@H]3CC[C@]12C.Nc1ccn([C@@H]2O[C@H](CO)[C@@H](O)C2(F)F)c(=O)n1. The number of ether oxygens (including phenoxy) is 2. The fourth-order valence-electron chi connectivity index (χ4n) is 10.6. The number of primary amides is 1. The van der Waals surface area contributed by atoms with Gasteiger partial charge in [-0.3, -0.25) is 4.57 Å². The van der Waals surface area contributed by atoms with Crippen LogP contribution in [0.15, 0.2) is 28.7 Å². The molecule has 10 nitrogen and oxygen atoms in total. The van der Waals surface area contributed by atoms with Crippen LogP contribution in [0.4, 0.5) is 19.4 Å². The van der Waals surface area contributed by atoms with E-state index < -0.39 is 42.7 Å². The highest BCUT2D eigenvalue weighted by atomic mass is 19.3. The molecule has 6 N–H and O–H groups in total. The highest BCUT2D eigenvalue weighted by Crippen LogP contribution is 2.67. The molecule has 276 valence electrons. The van der Waals surface area contributed by atoms with Gasteiger partial charge in [-0.15, -0.1) is 0 Å². The zero-order chi connectivity index (χ0) is 35.9. The Bertz CT molecular complexity index is 1420. The number of allylic oxidation sites excluding steroid dienone is 1. The van der Waals surface area contributed by atoms with Crippen LogP contribution in [-0.4, -0.2) is 56.7 Å². The first-order chi connectivity index (χ1) is 23.0. The lowest BCUT2D eigenvalue weighted by Gasteiger charge is -2.58. The lowest BCUT2D eigenvalue weighted by Crippen LogP contribution is -2.51. The lowest BCUT2D eigenvalue weighted by molar-refractivity contribution is -0.140. The first-order valence-corrected chi connectivity index (χ1v) is 18.3. The van der Waals surface area contributed by atoms with E-state index in [9.17, 15) is 23.5 Å². The maximum Gasteiger partial charge on any atom is 0.404 e. The summed E-state index contributed by atoms with van der Waals surface area (Å²) in [5.41, 5.74) is 11.9. The molecular weight excluding hydrogens is 634 g/mol. The smallest absolute Gasteiger partial charge is 0.404 e. The van der Waals surface area contributed by atoms with Gasteiger partial charge in [-0.25, -0.2) is 9.59 Å². The van der Waals surface area contributed by atoms with Crippen molar-refractivity contribution in [3.63, 3.8) is 0 Å². The number of nitrogens with two attached hydrogens (primary N) is 2. The third kappa shape index (κ3) is 7.29. The van der Waals surface area contributed by atoms with Gasteiger partial charge in [0.05, 0.1) is 6.61 Å². The first kappa shape index (κ1) is 37.7. The molecule has 1 amide bonds. The zero-order valence-electron chi connectivity index (χ0n) is 29.8. The summed E-state index contributed by atoms with van der Waals surface area (Å²) in [6.45, 7) is 11.7. The number of aromatic nitrogens is 2. The maximum atomic E-state index is 13.7. The van der Waals surface area contributed by atoms with E-state index in [1.165, 1.54) is 51.4 Å². The molecule has 11 atom stereocenters. The quantitative estimate of drug-likeness (QED) is 0.234. The number of aliphatic hydroxyl groups is 2. The van der Waals surface area contributed by atoms with Crippen LogP contribution in [0.2, 0.25) is 0 Å². The van der Waals surface area contributed by atoms with Crippen molar-refractivity contribution in [2.24, 2.45) is 52.1 Å². The minimum Gasteiger partial charge on any atom is -0.446 e. The van der Waals surface area contributed by atoms with E-state index in [-0.39, 0.29) is 11.9 Å². The Morgan fingerprint density at radius 2 is 1.88 bits per heavy atom. The number of hydrogen-bond donors (Lipinski definition) is 4. The van der Waals surface area contributed by atoms with Crippen molar-refractivity contribution >= 4 is 11.9 Å².